The highest BCUT2D eigenvalue weighted by atomic mass is 16.7. The van der Waals surface area contributed by atoms with Gasteiger partial charge in [-0.2, -0.15) is 0 Å². The van der Waals surface area contributed by atoms with E-state index in [9.17, 15) is 50.1 Å². The van der Waals surface area contributed by atoms with Gasteiger partial charge in [-0.15, -0.1) is 0 Å². The molecule has 3 aliphatic heterocycles. The molecule has 2 saturated heterocycles. The van der Waals surface area contributed by atoms with Gasteiger partial charge in [-0.3, -0.25) is 9.59 Å². The van der Waals surface area contributed by atoms with E-state index in [-0.39, 0.29) is 37.2 Å². The number of fused-ring (bicyclic) bond motifs is 7. The van der Waals surface area contributed by atoms with Crippen LogP contribution in [0, 0.1) is 28.6 Å². The van der Waals surface area contributed by atoms with Crippen molar-refractivity contribution in [1.29, 1.82) is 0 Å². The number of carbonyl (C=O) groups excluding carboxylic acids is 3. The van der Waals surface area contributed by atoms with Crippen molar-refractivity contribution in [3.8, 4) is 0 Å². The molecule has 5 fully saturated rings. The van der Waals surface area contributed by atoms with Crippen molar-refractivity contribution in [3.63, 3.8) is 0 Å². The summed E-state index contributed by atoms with van der Waals surface area (Å²) in [4.78, 5) is 39.5. The Labute approximate surface area is 295 Å². The van der Waals surface area contributed by atoms with Crippen molar-refractivity contribution in [2.75, 3.05) is 13.2 Å². The van der Waals surface area contributed by atoms with Crippen LogP contribution in [-0.2, 0) is 38.1 Å². The fraction of sp³-hybridized carbons (Fsp3) is 0.806. The van der Waals surface area contributed by atoms with E-state index in [2.05, 4.69) is 0 Å². The number of ketones is 1. The highest BCUT2D eigenvalue weighted by Crippen LogP contribution is 2.77. The molecule has 284 valence electrons. The summed E-state index contributed by atoms with van der Waals surface area (Å²) in [5, 5.41) is 76.8. The van der Waals surface area contributed by atoms with Gasteiger partial charge in [-0.25, -0.2) is 4.79 Å². The average molecular weight is 723 g/mol. The van der Waals surface area contributed by atoms with Gasteiger partial charge in [0, 0.05) is 30.3 Å². The first kappa shape index (κ1) is 37.0. The first-order valence-corrected chi connectivity index (χ1v) is 17.9. The molecule has 0 radical (unpaired) electrons. The lowest BCUT2D eigenvalue weighted by molar-refractivity contribution is -0.299. The molecule has 7 aliphatic rings. The Morgan fingerprint density at radius 1 is 1.08 bits per heavy atom. The number of esters is 2. The molecule has 15 nitrogen and oxygen atoms in total. The van der Waals surface area contributed by atoms with Gasteiger partial charge in [0.05, 0.1) is 24.7 Å². The average Bonchev–Trinajstić information content (AvgIpc) is 3.81. The number of hydrogen-bond acceptors (Lipinski definition) is 15. The van der Waals surface area contributed by atoms with Gasteiger partial charge in [0.2, 0.25) is 0 Å². The molecule has 17 unspecified atom stereocenters. The molecule has 0 aromatic heterocycles. The summed E-state index contributed by atoms with van der Waals surface area (Å²) in [5.41, 5.74) is -6.46. The Bertz CT molecular complexity index is 1540. The molecule has 4 aliphatic carbocycles. The Hall–Kier alpha value is -2.31. The van der Waals surface area contributed by atoms with Crippen LogP contribution in [0.3, 0.4) is 0 Å². The van der Waals surface area contributed by atoms with Gasteiger partial charge >= 0.3 is 11.9 Å². The number of rotatable bonds is 7. The third-order valence-electron chi connectivity index (χ3n) is 14.4. The van der Waals surface area contributed by atoms with Gasteiger partial charge in [0.25, 0.3) is 0 Å². The monoisotopic (exact) mass is 722 g/mol. The zero-order valence-electron chi connectivity index (χ0n) is 29.4. The smallest absolute Gasteiger partial charge is 0.334 e. The maximum Gasteiger partial charge on any atom is 0.334 e. The number of epoxide rings is 1. The van der Waals surface area contributed by atoms with E-state index in [1.807, 2.05) is 13.8 Å². The molecule has 7 rings (SSSR count). The summed E-state index contributed by atoms with van der Waals surface area (Å²) in [7, 11) is 0. The Morgan fingerprint density at radius 2 is 1.78 bits per heavy atom. The normalized spacial score (nSPS) is 52.3. The first-order chi connectivity index (χ1) is 23.8. The second-order valence-corrected chi connectivity index (χ2v) is 16.3. The number of allylic oxidation sites excluding steroid dienone is 1. The molecule has 51 heavy (non-hydrogen) atoms. The summed E-state index contributed by atoms with van der Waals surface area (Å²) < 4.78 is 29.6. The summed E-state index contributed by atoms with van der Waals surface area (Å²) in [6.45, 7) is 7.30. The number of hydrogen-bond donors (Lipinski definition) is 7. The van der Waals surface area contributed by atoms with Crippen molar-refractivity contribution >= 4 is 17.7 Å². The van der Waals surface area contributed by atoms with Crippen LogP contribution in [0.1, 0.15) is 66.7 Å². The molecule has 15 heteroatoms. The number of aliphatic hydroxyl groups is 7. The zero-order valence-corrected chi connectivity index (χ0v) is 29.4. The van der Waals surface area contributed by atoms with Crippen LogP contribution < -0.4 is 0 Å². The van der Waals surface area contributed by atoms with E-state index < -0.39 is 119 Å². The van der Waals surface area contributed by atoms with Crippen LogP contribution in [0.15, 0.2) is 23.3 Å². The van der Waals surface area contributed by atoms with Gasteiger partial charge < -0.3 is 59.4 Å². The number of carbonyl (C=O) groups is 3. The van der Waals surface area contributed by atoms with Crippen LogP contribution in [0.2, 0.25) is 0 Å². The predicted octanol–water partition coefficient (Wildman–Crippen LogP) is -1.05. The fourth-order valence-corrected chi connectivity index (χ4v) is 11.3. The van der Waals surface area contributed by atoms with Crippen LogP contribution in [0.4, 0.5) is 0 Å². The topological polar surface area (TPSA) is 242 Å². The van der Waals surface area contributed by atoms with Crippen molar-refractivity contribution in [1.82, 2.24) is 0 Å². The van der Waals surface area contributed by atoms with Crippen LogP contribution in [-0.4, -0.2) is 139 Å². The van der Waals surface area contributed by atoms with E-state index in [0.717, 1.165) is 0 Å². The fourth-order valence-electron chi connectivity index (χ4n) is 11.3. The van der Waals surface area contributed by atoms with Crippen molar-refractivity contribution in [3.05, 3.63) is 23.3 Å². The molecule has 0 aromatic rings. The molecule has 7 N–H and O–H groups in total. The lowest BCUT2D eigenvalue weighted by atomic mass is 9.41. The summed E-state index contributed by atoms with van der Waals surface area (Å²) >= 11 is 0. The SMILES string of the molecule is CC(=O)OC1C2OC2(C(C)C2CC(COC3OC(CO)C(O)C(O)C3O)=C(C)C(=O)O2)C2(C)CCC3C(CC(O)C4(O)CC=CC(=O)C34C)C12O. The van der Waals surface area contributed by atoms with Crippen LogP contribution in [0.25, 0.3) is 0 Å². The molecule has 0 spiro atoms. The third-order valence-corrected chi connectivity index (χ3v) is 14.4. The predicted molar refractivity (Wildman–Crippen MR) is 171 cm³/mol. The summed E-state index contributed by atoms with van der Waals surface area (Å²) in [6.07, 6.45) is -7.67. The quantitative estimate of drug-likeness (QED) is 0.123. The van der Waals surface area contributed by atoms with Crippen LogP contribution >= 0.6 is 0 Å². The van der Waals surface area contributed by atoms with Crippen molar-refractivity contribution in [2.24, 2.45) is 28.6 Å². The van der Waals surface area contributed by atoms with Gasteiger partial charge in [0.15, 0.2) is 18.2 Å². The maximum absolute atomic E-state index is 13.6. The molecule has 3 saturated carbocycles. The third kappa shape index (κ3) is 4.69. The molecule has 0 amide bonds. The lowest BCUT2D eigenvalue weighted by Crippen LogP contribution is -2.75. The maximum atomic E-state index is 13.6. The van der Waals surface area contributed by atoms with E-state index in [1.165, 1.54) is 13.0 Å². The van der Waals surface area contributed by atoms with E-state index >= 15 is 0 Å². The minimum atomic E-state index is -1.80. The van der Waals surface area contributed by atoms with E-state index in [0.29, 0.717) is 18.4 Å². The molecule has 0 aromatic carbocycles. The highest BCUT2D eigenvalue weighted by Gasteiger charge is 2.90. The van der Waals surface area contributed by atoms with Crippen molar-refractivity contribution < 1.29 is 73.8 Å². The molecule has 17 atom stereocenters. The second kappa shape index (κ2) is 12.1. The van der Waals surface area contributed by atoms with Gasteiger partial charge in [-0.1, -0.05) is 19.9 Å². The van der Waals surface area contributed by atoms with E-state index in [4.69, 9.17) is 23.7 Å². The minimum Gasteiger partial charge on any atom is -0.458 e. The summed E-state index contributed by atoms with van der Waals surface area (Å²) in [6, 6.07) is 0. The Balaban J connectivity index is 1.18. The van der Waals surface area contributed by atoms with Crippen molar-refractivity contribution in [2.45, 2.75) is 139 Å². The largest absolute Gasteiger partial charge is 0.458 e. The summed E-state index contributed by atoms with van der Waals surface area (Å²) in [5.74, 6) is -3.52. The Morgan fingerprint density at radius 3 is 2.45 bits per heavy atom. The second-order valence-electron chi connectivity index (χ2n) is 16.3. The van der Waals surface area contributed by atoms with Gasteiger partial charge in [0.1, 0.15) is 53.4 Å². The first-order valence-electron chi connectivity index (χ1n) is 17.9. The number of aliphatic hydroxyl groups excluding tert-OH is 5. The van der Waals surface area contributed by atoms with Gasteiger partial charge in [-0.05, 0) is 63.0 Å². The molecular formula is C36H50O15. The molecular weight excluding hydrogens is 672 g/mol. The standard InChI is InChI=1S/C36H50O15/c1-15-18(14-47-31-27(43)26(42)25(41)22(13-37)50-31)11-21(49-30(15)44)16(2)36-29(51-36)28(48-17(3)38)35(46)20-12-24(40)34(45)9-6-7-23(39)33(34,5)19(20)8-10-32(35,36)4/h6-7,16,19-22,24-29,31,37,40-43,45-46H,8-14H2,1-5H3. The minimum absolute atomic E-state index is 0.0430. The molecule has 0 bridgehead atoms. The Kier molecular flexibility index (Phi) is 8.78. The number of ether oxygens (including phenoxy) is 5. The molecule has 3 heterocycles. The lowest BCUT2D eigenvalue weighted by Gasteiger charge is -2.66. The number of cyclic esters (lactones) is 1. The highest BCUT2D eigenvalue weighted by molar-refractivity contribution is 5.97. The van der Waals surface area contributed by atoms with E-state index in [1.54, 1.807) is 19.9 Å². The van der Waals surface area contributed by atoms with Crippen LogP contribution in [0.5, 0.6) is 0 Å². The zero-order chi connectivity index (χ0) is 37.2.